The summed E-state index contributed by atoms with van der Waals surface area (Å²) in [5.41, 5.74) is 1.03. The molecule has 0 aliphatic rings. The number of carbonyl (C=O) groups is 3. The topological polar surface area (TPSA) is 93.5 Å². The van der Waals surface area contributed by atoms with Crippen molar-refractivity contribution >= 4 is 50.1 Å². The number of hydrogen-bond donors (Lipinski definition) is 1. The average molecular weight is 471 g/mol. The normalized spacial score (nSPS) is 10.6. The minimum Gasteiger partial charge on any atom is -0.462 e. The molecule has 0 aromatic carbocycles. The second-order valence-corrected chi connectivity index (χ2v) is 8.08. The lowest BCUT2D eigenvalue weighted by atomic mass is 10.1. The number of esters is 1. The first-order valence-corrected chi connectivity index (χ1v) is 10.4. The number of aryl methyl sites for hydroxylation is 1. The molecule has 0 aliphatic heterocycles. The van der Waals surface area contributed by atoms with Gasteiger partial charge < -0.3 is 15.0 Å². The van der Waals surface area contributed by atoms with Gasteiger partial charge in [0.15, 0.2) is 0 Å². The maximum Gasteiger partial charge on any atom is 0.341 e. The highest BCUT2D eigenvalue weighted by molar-refractivity contribution is 9.10. The third kappa shape index (κ3) is 4.44. The summed E-state index contributed by atoms with van der Waals surface area (Å²) >= 11 is 4.38. The minimum absolute atomic E-state index is 0.204. The molecule has 2 amide bonds. The van der Waals surface area contributed by atoms with Crippen molar-refractivity contribution in [1.82, 2.24) is 14.7 Å². The fraction of sp³-hybridized carbons (Fsp3) is 0.444. The summed E-state index contributed by atoms with van der Waals surface area (Å²) in [5.74, 6) is -1.24. The van der Waals surface area contributed by atoms with Crippen LogP contribution < -0.4 is 5.32 Å². The van der Waals surface area contributed by atoms with Crippen LogP contribution in [-0.2, 0) is 11.3 Å². The maximum atomic E-state index is 12.8. The van der Waals surface area contributed by atoms with E-state index in [1.807, 2.05) is 13.8 Å². The number of nitrogens with zero attached hydrogens (tertiary/aromatic N) is 3. The molecule has 2 rings (SSSR count). The van der Waals surface area contributed by atoms with E-state index in [1.165, 1.54) is 11.1 Å². The second-order valence-electron chi connectivity index (χ2n) is 6.21. The number of nitrogens with one attached hydrogen (secondary N) is 1. The first-order chi connectivity index (χ1) is 13.2. The molecule has 0 bridgehead atoms. The van der Waals surface area contributed by atoms with Gasteiger partial charge in [0.25, 0.3) is 11.8 Å². The van der Waals surface area contributed by atoms with Crippen molar-refractivity contribution in [3.63, 3.8) is 0 Å². The zero-order chi connectivity index (χ0) is 21.0. The van der Waals surface area contributed by atoms with E-state index in [-0.39, 0.29) is 23.1 Å². The number of thiophene rings is 1. The molecule has 152 valence electrons. The molecule has 0 spiro atoms. The molecule has 0 aliphatic carbocycles. The highest BCUT2D eigenvalue weighted by atomic mass is 79.9. The molecule has 0 saturated carbocycles. The number of aromatic nitrogens is 2. The van der Waals surface area contributed by atoms with Crippen LogP contribution in [0, 0.1) is 6.92 Å². The maximum absolute atomic E-state index is 12.8. The van der Waals surface area contributed by atoms with Crippen molar-refractivity contribution < 1.29 is 19.1 Å². The summed E-state index contributed by atoms with van der Waals surface area (Å²) in [5, 5.41) is 7.17. The fourth-order valence-electron chi connectivity index (χ4n) is 2.51. The highest BCUT2D eigenvalue weighted by Crippen LogP contribution is 2.35. The molecule has 28 heavy (non-hydrogen) atoms. The van der Waals surface area contributed by atoms with Crippen molar-refractivity contribution in [1.29, 1.82) is 0 Å². The van der Waals surface area contributed by atoms with Crippen LogP contribution >= 0.6 is 27.3 Å². The zero-order valence-corrected chi connectivity index (χ0v) is 18.9. The number of anilines is 1. The van der Waals surface area contributed by atoms with E-state index in [4.69, 9.17) is 4.74 Å². The molecule has 0 atom stereocenters. The first kappa shape index (κ1) is 22.1. The standard InChI is InChI=1S/C18H23BrN4O4S/c1-6-8-27-18(26)12-10(3)14(17(25)22(4)5)28-16(12)21-15(24)13-11(19)9-20-23(13)7-2/h9H,6-8H2,1-5H3,(H,21,24). The lowest BCUT2D eigenvalue weighted by Crippen LogP contribution is -2.21. The summed E-state index contributed by atoms with van der Waals surface area (Å²) in [4.78, 5) is 39.7. The van der Waals surface area contributed by atoms with E-state index in [1.54, 1.807) is 25.7 Å². The molecule has 0 unspecified atom stereocenters. The first-order valence-electron chi connectivity index (χ1n) is 8.77. The van der Waals surface area contributed by atoms with Crippen LogP contribution in [0.3, 0.4) is 0 Å². The molecule has 10 heteroatoms. The molecule has 2 heterocycles. The van der Waals surface area contributed by atoms with Gasteiger partial charge in [-0.2, -0.15) is 5.10 Å². The Balaban J connectivity index is 2.47. The van der Waals surface area contributed by atoms with Crippen molar-refractivity contribution in [3.8, 4) is 0 Å². The van der Waals surface area contributed by atoms with Crippen molar-refractivity contribution in [2.45, 2.75) is 33.7 Å². The monoisotopic (exact) mass is 470 g/mol. The number of hydrogen-bond acceptors (Lipinski definition) is 6. The van der Waals surface area contributed by atoms with E-state index < -0.39 is 11.9 Å². The van der Waals surface area contributed by atoms with Crippen LogP contribution in [0.5, 0.6) is 0 Å². The van der Waals surface area contributed by atoms with Crippen molar-refractivity contribution in [2.75, 3.05) is 26.0 Å². The van der Waals surface area contributed by atoms with E-state index in [0.717, 1.165) is 11.3 Å². The third-order valence-electron chi connectivity index (χ3n) is 3.93. The predicted molar refractivity (Wildman–Crippen MR) is 111 cm³/mol. The van der Waals surface area contributed by atoms with E-state index >= 15 is 0 Å². The quantitative estimate of drug-likeness (QED) is 0.624. The van der Waals surface area contributed by atoms with Gasteiger partial charge in [0.05, 0.1) is 27.7 Å². The second kappa shape index (κ2) is 9.33. The Morgan fingerprint density at radius 1 is 1.32 bits per heavy atom. The Morgan fingerprint density at radius 3 is 2.57 bits per heavy atom. The molecular weight excluding hydrogens is 448 g/mol. The van der Waals surface area contributed by atoms with Gasteiger partial charge in [0.1, 0.15) is 10.7 Å². The molecule has 1 N–H and O–H groups in total. The van der Waals surface area contributed by atoms with E-state index in [9.17, 15) is 14.4 Å². The Labute approximate surface area is 176 Å². The van der Waals surface area contributed by atoms with E-state index in [0.29, 0.717) is 33.6 Å². The number of amides is 2. The summed E-state index contributed by atoms with van der Waals surface area (Å²) < 4.78 is 7.34. The Kier molecular flexibility index (Phi) is 7.36. The van der Waals surface area contributed by atoms with Crippen molar-refractivity contribution in [3.05, 3.63) is 32.4 Å². The van der Waals surface area contributed by atoms with Gasteiger partial charge in [0, 0.05) is 20.6 Å². The molecule has 0 fully saturated rings. The Morgan fingerprint density at radius 2 is 2.00 bits per heavy atom. The lowest BCUT2D eigenvalue weighted by Gasteiger charge is -2.09. The molecule has 2 aromatic rings. The summed E-state index contributed by atoms with van der Waals surface area (Å²) in [6, 6.07) is 0. The number of rotatable bonds is 7. The third-order valence-corrected chi connectivity index (χ3v) is 5.70. The van der Waals surface area contributed by atoms with Gasteiger partial charge in [-0.15, -0.1) is 11.3 Å². The van der Waals surface area contributed by atoms with Crippen LogP contribution in [0.15, 0.2) is 10.7 Å². The van der Waals surface area contributed by atoms with Crippen LogP contribution in [0.2, 0.25) is 0 Å². The van der Waals surface area contributed by atoms with Crippen LogP contribution in [0.4, 0.5) is 5.00 Å². The van der Waals surface area contributed by atoms with Gasteiger partial charge in [-0.3, -0.25) is 14.3 Å². The van der Waals surface area contributed by atoms with Gasteiger partial charge in [-0.25, -0.2) is 4.79 Å². The largest absolute Gasteiger partial charge is 0.462 e. The van der Waals surface area contributed by atoms with Gasteiger partial charge in [-0.1, -0.05) is 6.92 Å². The van der Waals surface area contributed by atoms with Crippen LogP contribution in [-0.4, -0.2) is 53.2 Å². The van der Waals surface area contributed by atoms with Gasteiger partial charge in [-0.05, 0) is 41.8 Å². The number of carbonyl (C=O) groups excluding carboxylic acids is 3. The summed E-state index contributed by atoms with van der Waals surface area (Å²) in [7, 11) is 3.26. The molecule has 2 aromatic heterocycles. The summed E-state index contributed by atoms with van der Waals surface area (Å²) in [6.07, 6.45) is 2.21. The van der Waals surface area contributed by atoms with E-state index in [2.05, 4.69) is 26.3 Å². The molecule has 0 radical (unpaired) electrons. The van der Waals surface area contributed by atoms with Crippen molar-refractivity contribution in [2.24, 2.45) is 0 Å². The predicted octanol–water partition coefficient (Wildman–Crippen LogP) is 3.56. The van der Waals surface area contributed by atoms with Gasteiger partial charge >= 0.3 is 5.97 Å². The van der Waals surface area contributed by atoms with Crippen LogP contribution in [0.1, 0.15) is 56.3 Å². The fourth-order valence-corrected chi connectivity index (χ4v) is 4.20. The number of halogens is 1. The Bertz CT molecular complexity index is 904. The Hall–Kier alpha value is -2.20. The highest BCUT2D eigenvalue weighted by Gasteiger charge is 2.28. The average Bonchev–Trinajstić information content (AvgIpc) is 3.18. The molecule has 0 saturated heterocycles. The van der Waals surface area contributed by atoms with Crippen LogP contribution in [0.25, 0.3) is 0 Å². The lowest BCUT2D eigenvalue weighted by molar-refractivity contribution is 0.0506. The smallest absolute Gasteiger partial charge is 0.341 e. The number of ether oxygens (including phenoxy) is 1. The molecule has 8 nitrogen and oxygen atoms in total. The summed E-state index contributed by atoms with van der Waals surface area (Å²) in [6.45, 7) is 6.20. The minimum atomic E-state index is -0.563. The molecular formula is C18H23BrN4O4S. The SMILES string of the molecule is CCCOC(=O)c1c(NC(=O)c2c(Br)cnn2CC)sc(C(=O)N(C)C)c1C. The zero-order valence-electron chi connectivity index (χ0n) is 16.5. The van der Waals surface area contributed by atoms with Gasteiger partial charge in [0.2, 0.25) is 0 Å².